The highest BCUT2D eigenvalue weighted by Crippen LogP contribution is 1.97. The van der Waals surface area contributed by atoms with Crippen LogP contribution in [0.1, 0.15) is 0 Å². The second-order valence-electron chi connectivity index (χ2n) is 0.690. The van der Waals surface area contributed by atoms with Crippen LogP contribution in [0.2, 0.25) is 0 Å². The summed E-state index contributed by atoms with van der Waals surface area (Å²) >= 11 is 18.0. The van der Waals surface area contributed by atoms with Gasteiger partial charge in [0.2, 0.25) is 0 Å². The lowest BCUT2D eigenvalue weighted by Gasteiger charge is -1.65. The SMILES string of the molecule is C=CCBr.Cl[SiH](Cl)Cl. The molecule has 0 nitrogen and oxygen atoms in total. The minimum absolute atomic E-state index is 0.896. The molecule has 0 aliphatic heterocycles. The molecule has 0 rings (SSSR count). The highest BCUT2D eigenvalue weighted by molar-refractivity contribution is 9.09. The molecule has 0 aromatic rings. The van der Waals surface area contributed by atoms with E-state index in [-0.39, 0.29) is 0 Å². The summed E-state index contributed by atoms with van der Waals surface area (Å²) in [5.74, 6) is 0. The van der Waals surface area contributed by atoms with Crippen molar-refractivity contribution in [1.82, 2.24) is 0 Å². The van der Waals surface area contributed by atoms with Gasteiger partial charge in [0.25, 0.3) is 0 Å². The van der Waals surface area contributed by atoms with Crippen LogP contribution in [0.15, 0.2) is 12.7 Å². The van der Waals surface area contributed by atoms with Crippen molar-refractivity contribution in [3.05, 3.63) is 12.7 Å². The van der Waals surface area contributed by atoms with Crippen LogP contribution in [0, 0.1) is 0 Å². The summed E-state index contributed by atoms with van der Waals surface area (Å²) in [6, 6.07) is 0. The third-order valence-corrected chi connectivity index (χ3v) is 0.567. The van der Waals surface area contributed by atoms with Crippen LogP contribution in [-0.4, -0.2) is 12.1 Å². The second kappa shape index (κ2) is 11.1. The molecule has 0 aromatic heterocycles. The first-order valence-electron chi connectivity index (χ1n) is 1.74. The second-order valence-corrected chi connectivity index (χ2v) is 7.77. The molecule has 8 heavy (non-hydrogen) atoms. The molecule has 5 heteroatoms. The monoisotopic (exact) mass is 254 g/mol. The van der Waals surface area contributed by atoms with E-state index in [1.807, 2.05) is 0 Å². The third kappa shape index (κ3) is 54.6. The van der Waals surface area contributed by atoms with E-state index in [4.69, 9.17) is 33.2 Å². The van der Waals surface area contributed by atoms with Gasteiger partial charge in [0.1, 0.15) is 0 Å². The number of hydrogen-bond acceptors (Lipinski definition) is 0. The van der Waals surface area contributed by atoms with Crippen LogP contribution in [0.25, 0.3) is 0 Å². The van der Waals surface area contributed by atoms with E-state index >= 15 is 0 Å². The molecular weight excluding hydrogens is 250 g/mol. The lowest BCUT2D eigenvalue weighted by Crippen LogP contribution is -1.66. The number of alkyl halides is 1. The molecule has 0 unspecified atom stereocenters. The highest BCUT2D eigenvalue weighted by atomic mass is 79.9. The zero-order valence-electron chi connectivity index (χ0n) is 4.08. The van der Waals surface area contributed by atoms with Crippen LogP contribution in [-0.2, 0) is 0 Å². The molecule has 0 amide bonds. The highest BCUT2D eigenvalue weighted by Gasteiger charge is 1.85. The van der Waals surface area contributed by atoms with Gasteiger partial charge < -0.3 is 0 Å². The Bertz CT molecular complexity index is 47.0. The Morgan fingerprint density at radius 3 is 1.62 bits per heavy atom. The molecule has 0 fully saturated rings. The van der Waals surface area contributed by atoms with Crippen molar-refractivity contribution in [1.29, 1.82) is 0 Å². The predicted octanol–water partition coefficient (Wildman–Crippen LogP) is 2.99. The quantitative estimate of drug-likeness (QED) is 0.293. The molecule has 0 saturated carbocycles. The summed E-state index contributed by atoms with van der Waals surface area (Å²) < 4.78 is 0. The van der Waals surface area contributed by atoms with E-state index in [1.165, 1.54) is 0 Å². The Morgan fingerprint density at radius 1 is 1.50 bits per heavy atom. The van der Waals surface area contributed by atoms with E-state index in [0.717, 1.165) is 5.33 Å². The van der Waals surface area contributed by atoms with Gasteiger partial charge >= 0.3 is 6.73 Å². The van der Waals surface area contributed by atoms with Crippen molar-refractivity contribution in [2.75, 3.05) is 5.33 Å². The summed E-state index contributed by atoms with van der Waals surface area (Å²) in [5, 5.41) is 0.896. The fraction of sp³-hybridized carbons (Fsp3) is 0.333. The summed E-state index contributed by atoms with van der Waals surface area (Å²) in [7, 11) is 0. The number of hydrogen-bond donors (Lipinski definition) is 0. The minimum atomic E-state index is -1.72. The summed E-state index contributed by atoms with van der Waals surface area (Å²) in [5.41, 5.74) is 0. The predicted molar refractivity (Wildman–Crippen MR) is 48.7 cm³/mol. The maximum Gasteiger partial charge on any atom is 0.326 e. The zero-order chi connectivity index (χ0) is 6.99. The minimum Gasteiger partial charge on any atom is -0.130 e. The summed E-state index contributed by atoms with van der Waals surface area (Å²) in [6.07, 6.45) is 1.79. The third-order valence-electron chi connectivity index (χ3n) is 0.109. The largest absolute Gasteiger partial charge is 0.326 e. The molecule has 0 bridgehead atoms. The fourth-order valence-electron chi connectivity index (χ4n) is 0. The molecule has 0 spiro atoms. The number of allylic oxidation sites excluding steroid dienone is 1. The maximum absolute atomic E-state index is 4.94. The van der Waals surface area contributed by atoms with Crippen LogP contribution < -0.4 is 0 Å². The van der Waals surface area contributed by atoms with Gasteiger partial charge in [-0.25, -0.2) is 0 Å². The topological polar surface area (TPSA) is 0 Å². The molecule has 0 heterocycles. The number of halogens is 4. The van der Waals surface area contributed by atoms with E-state index < -0.39 is 6.73 Å². The Balaban J connectivity index is 0. The van der Waals surface area contributed by atoms with Gasteiger partial charge in [0.05, 0.1) is 0 Å². The normalized spacial score (nSPS) is 7.62. The molecule has 0 aliphatic carbocycles. The zero-order valence-corrected chi connectivity index (χ0v) is 9.09. The number of rotatable bonds is 1. The van der Waals surface area contributed by atoms with Crippen LogP contribution in [0.3, 0.4) is 0 Å². The Hall–Kier alpha value is 1.31. The molecular formula is C3H6BrCl3Si. The fourth-order valence-corrected chi connectivity index (χ4v) is 0. The molecule has 0 aliphatic rings. The van der Waals surface area contributed by atoms with Crippen molar-refractivity contribution in [2.45, 2.75) is 0 Å². The first kappa shape index (κ1) is 12.0. The Kier molecular flexibility index (Phi) is 16.8. The van der Waals surface area contributed by atoms with Crippen molar-refractivity contribution >= 4 is 55.9 Å². The van der Waals surface area contributed by atoms with Crippen molar-refractivity contribution in [2.24, 2.45) is 0 Å². The summed E-state index contributed by atoms with van der Waals surface area (Å²) in [6.45, 7) is 1.71. The average molecular weight is 256 g/mol. The van der Waals surface area contributed by atoms with Gasteiger partial charge in [-0.15, -0.1) is 39.8 Å². The van der Waals surface area contributed by atoms with Crippen LogP contribution in [0.4, 0.5) is 0 Å². The van der Waals surface area contributed by atoms with Crippen molar-refractivity contribution in [3.63, 3.8) is 0 Å². The maximum atomic E-state index is 4.94. The van der Waals surface area contributed by atoms with Gasteiger partial charge in [0, 0.05) is 5.33 Å². The Labute approximate surface area is 73.7 Å². The molecule has 0 atom stereocenters. The molecule has 0 radical (unpaired) electrons. The van der Waals surface area contributed by atoms with E-state index in [2.05, 4.69) is 22.5 Å². The van der Waals surface area contributed by atoms with Crippen LogP contribution in [0.5, 0.6) is 0 Å². The van der Waals surface area contributed by atoms with E-state index in [1.54, 1.807) is 6.08 Å². The van der Waals surface area contributed by atoms with Gasteiger partial charge in [-0.05, 0) is 0 Å². The van der Waals surface area contributed by atoms with Gasteiger partial charge in [-0.3, -0.25) is 0 Å². The molecule has 0 saturated heterocycles. The standard InChI is InChI=1S/C3H5Br.Cl3HSi/c1-2-3-4;1-4(2)3/h2H,1,3H2;4H. The summed E-state index contributed by atoms with van der Waals surface area (Å²) in [4.78, 5) is 0. The lowest BCUT2D eigenvalue weighted by molar-refractivity contribution is 1.87. The molecule has 50 valence electrons. The van der Waals surface area contributed by atoms with Crippen LogP contribution >= 0.6 is 49.2 Å². The van der Waals surface area contributed by atoms with Gasteiger partial charge in [0.15, 0.2) is 0 Å². The average Bonchev–Trinajstić information content (AvgIpc) is 1.65. The van der Waals surface area contributed by atoms with Gasteiger partial charge in [-0.2, -0.15) is 0 Å². The van der Waals surface area contributed by atoms with Crippen molar-refractivity contribution < 1.29 is 0 Å². The lowest BCUT2D eigenvalue weighted by atomic mass is 10.8. The van der Waals surface area contributed by atoms with Crippen molar-refractivity contribution in [3.8, 4) is 0 Å². The van der Waals surface area contributed by atoms with E-state index in [9.17, 15) is 0 Å². The van der Waals surface area contributed by atoms with Gasteiger partial charge in [-0.1, -0.05) is 22.0 Å². The smallest absolute Gasteiger partial charge is 0.130 e. The first-order chi connectivity index (χ1) is 3.65. The van der Waals surface area contributed by atoms with E-state index in [0.29, 0.717) is 0 Å². The molecule has 0 aromatic carbocycles. The Morgan fingerprint density at radius 2 is 1.62 bits per heavy atom. The molecule has 0 N–H and O–H groups in total. The first-order valence-corrected chi connectivity index (χ1v) is 8.10.